The van der Waals surface area contributed by atoms with Gasteiger partial charge in [-0.25, -0.2) is 0 Å². The van der Waals surface area contributed by atoms with E-state index in [9.17, 15) is 0 Å². The Labute approximate surface area is 123 Å². The van der Waals surface area contributed by atoms with Crippen molar-refractivity contribution in [3.8, 4) is 0 Å². The van der Waals surface area contributed by atoms with Gasteiger partial charge in [0.25, 0.3) is 0 Å². The second kappa shape index (κ2) is 4.60. The summed E-state index contributed by atoms with van der Waals surface area (Å²) in [6.45, 7) is 4.35. The Morgan fingerprint density at radius 1 is 1.15 bits per heavy atom. The van der Waals surface area contributed by atoms with Crippen molar-refractivity contribution in [2.24, 2.45) is 11.8 Å². The summed E-state index contributed by atoms with van der Waals surface area (Å²) in [5.74, 6) is 1.21. The van der Waals surface area contributed by atoms with Gasteiger partial charge in [0.2, 0.25) is 0 Å². The first-order valence-corrected chi connectivity index (χ1v) is 7.87. The van der Waals surface area contributed by atoms with Crippen molar-refractivity contribution < 1.29 is 0 Å². The number of allylic oxidation sites excluding steroid dienone is 7. The number of hydrogen-bond acceptors (Lipinski definition) is 1. The van der Waals surface area contributed by atoms with Gasteiger partial charge in [-0.2, -0.15) is 0 Å². The van der Waals surface area contributed by atoms with Crippen LogP contribution < -0.4 is 0 Å². The quantitative estimate of drug-likeness (QED) is 0.669. The zero-order chi connectivity index (χ0) is 13.5. The van der Waals surface area contributed by atoms with E-state index in [1.165, 1.54) is 26.1 Å². The molecule has 2 aromatic rings. The van der Waals surface area contributed by atoms with Gasteiger partial charge in [0.15, 0.2) is 0 Å². The second-order valence-electron chi connectivity index (χ2n) is 5.53. The molecule has 0 aliphatic heterocycles. The number of benzene rings is 1. The van der Waals surface area contributed by atoms with Crippen LogP contribution in [0.1, 0.15) is 11.3 Å². The minimum Gasteiger partial charge on any atom is -0.135 e. The summed E-state index contributed by atoms with van der Waals surface area (Å²) in [4.78, 5) is 1.31. The van der Waals surface area contributed by atoms with Crippen LogP contribution in [-0.4, -0.2) is 0 Å². The molecule has 0 saturated carbocycles. The summed E-state index contributed by atoms with van der Waals surface area (Å²) in [6.07, 6.45) is 12.5. The van der Waals surface area contributed by atoms with E-state index in [0.29, 0.717) is 11.8 Å². The number of hydrogen-bond donors (Lipinski definition) is 0. The summed E-state index contributed by atoms with van der Waals surface area (Å²) < 4.78 is 1.35. The fourth-order valence-electron chi connectivity index (χ4n) is 3.12. The molecule has 0 bridgehead atoms. The van der Waals surface area contributed by atoms with Crippen LogP contribution in [0.15, 0.2) is 72.9 Å². The molecule has 1 aromatic carbocycles. The van der Waals surface area contributed by atoms with Crippen molar-refractivity contribution >= 4 is 27.0 Å². The number of rotatable bonds is 2. The molecule has 0 fully saturated rings. The molecule has 0 N–H and O–H groups in total. The molecule has 2 aliphatic carbocycles. The molecule has 0 saturated heterocycles. The molecule has 2 atom stereocenters. The Balaban J connectivity index is 1.67. The maximum atomic E-state index is 4.35. The van der Waals surface area contributed by atoms with E-state index in [1.54, 1.807) is 0 Å². The molecule has 4 rings (SSSR count). The molecule has 98 valence electrons. The third-order valence-corrected chi connectivity index (χ3v) is 5.43. The SMILES string of the molecule is C=C(C1=CC2C=CC=CC2C1)c1cc2ccccc2s1. The molecule has 0 radical (unpaired) electrons. The van der Waals surface area contributed by atoms with Gasteiger partial charge in [0.05, 0.1) is 0 Å². The average Bonchev–Trinajstić information content (AvgIpc) is 3.10. The molecule has 0 spiro atoms. The summed E-state index contributed by atoms with van der Waals surface area (Å²) in [5.41, 5.74) is 2.63. The van der Waals surface area contributed by atoms with Crippen molar-refractivity contribution in [1.82, 2.24) is 0 Å². The largest absolute Gasteiger partial charge is 0.135 e. The fraction of sp³-hybridized carbons (Fsp3) is 0.158. The van der Waals surface area contributed by atoms with Gasteiger partial charge in [0.1, 0.15) is 0 Å². The predicted octanol–water partition coefficient (Wildman–Crippen LogP) is 5.60. The normalized spacial score (nSPS) is 23.9. The van der Waals surface area contributed by atoms with Crippen LogP contribution in [0.4, 0.5) is 0 Å². The van der Waals surface area contributed by atoms with Crippen LogP contribution >= 0.6 is 11.3 Å². The summed E-state index contributed by atoms with van der Waals surface area (Å²) in [6, 6.07) is 10.8. The van der Waals surface area contributed by atoms with Gasteiger partial charge in [-0.15, -0.1) is 11.3 Å². The zero-order valence-corrected chi connectivity index (χ0v) is 12.1. The topological polar surface area (TPSA) is 0 Å². The molecule has 2 unspecified atom stereocenters. The molecule has 0 amide bonds. The van der Waals surface area contributed by atoms with E-state index in [1.807, 2.05) is 11.3 Å². The molecule has 1 heterocycles. The van der Waals surface area contributed by atoms with Crippen LogP contribution in [0.3, 0.4) is 0 Å². The lowest BCUT2D eigenvalue weighted by atomic mass is 9.91. The maximum Gasteiger partial charge on any atom is 0.0352 e. The highest BCUT2D eigenvalue weighted by atomic mass is 32.1. The molecule has 20 heavy (non-hydrogen) atoms. The third-order valence-electron chi connectivity index (χ3n) is 4.26. The van der Waals surface area contributed by atoms with Gasteiger partial charge in [0, 0.05) is 15.5 Å². The third kappa shape index (κ3) is 1.90. The monoisotopic (exact) mass is 276 g/mol. The summed E-state index contributed by atoms with van der Waals surface area (Å²) >= 11 is 1.85. The minimum atomic E-state index is 0.570. The van der Waals surface area contributed by atoms with E-state index in [2.05, 4.69) is 67.3 Å². The minimum absolute atomic E-state index is 0.570. The molecular weight excluding hydrogens is 260 g/mol. The molecule has 1 aromatic heterocycles. The Morgan fingerprint density at radius 3 is 2.85 bits per heavy atom. The molecule has 1 heteroatoms. The lowest BCUT2D eigenvalue weighted by Gasteiger charge is -2.13. The smallest absolute Gasteiger partial charge is 0.0352 e. The van der Waals surface area contributed by atoms with Crippen molar-refractivity contribution in [1.29, 1.82) is 0 Å². The van der Waals surface area contributed by atoms with E-state index in [0.717, 1.165) is 6.42 Å². The van der Waals surface area contributed by atoms with Crippen molar-refractivity contribution in [3.63, 3.8) is 0 Å². The summed E-state index contributed by atoms with van der Waals surface area (Å²) in [7, 11) is 0. The Bertz CT molecular complexity index is 737. The van der Waals surface area contributed by atoms with Crippen molar-refractivity contribution in [2.45, 2.75) is 6.42 Å². The van der Waals surface area contributed by atoms with Gasteiger partial charge in [-0.3, -0.25) is 0 Å². The molecule has 2 aliphatic rings. The van der Waals surface area contributed by atoms with Crippen molar-refractivity contribution in [3.05, 3.63) is 77.7 Å². The van der Waals surface area contributed by atoms with Crippen LogP contribution in [0.5, 0.6) is 0 Å². The first-order chi connectivity index (χ1) is 9.81. The Morgan fingerprint density at radius 2 is 2.00 bits per heavy atom. The zero-order valence-electron chi connectivity index (χ0n) is 11.3. The highest BCUT2D eigenvalue weighted by Gasteiger charge is 2.26. The van der Waals surface area contributed by atoms with E-state index < -0.39 is 0 Å². The van der Waals surface area contributed by atoms with Crippen LogP contribution in [-0.2, 0) is 0 Å². The van der Waals surface area contributed by atoms with Crippen LogP contribution in [0.25, 0.3) is 15.7 Å². The van der Waals surface area contributed by atoms with E-state index in [4.69, 9.17) is 0 Å². The molecule has 0 nitrogen and oxygen atoms in total. The first-order valence-electron chi connectivity index (χ1n) is 7.05. The van der Waals surface area contributed by atoms with Gasteiger partial charge >= 0.3 is 0 Å². The van der Waals surface area contributed by atoms with E-state index in [-0.39, 0.29) is 0 Å². The highest BCUT2D eigenvalue weighted by Crippen LogP contribution is 2.42. The fourth-order valence-corrected chi connectivity index (χ4v) is 4.19. The standard InChI is InChI=1S/C19H16S/c1-13(17-10-14-6-2-3-7-15(14)11-17)19-12-16-8-4-5-9-18(16)20-19/h2-10,12,14-15H,1,11H2. The Kier molecular flexibility index (Phi) is 2.75. The first kappa shape index (κ1) is 11.9. The number of thiophene rings is 1. The Hall–Kier alpha value is -1.86. The van der Waals surface area contributed by atoms with Gasteiger partial charge < -0.3 is 0 Å². The average molecular weight is 276 g/mol. The van der Waals surface area contributed by atoms with E-state index >= 15 is 0 Å². The highest BCUT2D eigenvalue weighted by molar-refractivity contribution is 7.20. The lowest BCUT2D eigenvalue weighted by Crippen LogP contribution is -2.03. The second-order valence-corrected chi connectivity index (χ2v) is 6.62. The van der Waals surface area contributed by atoms with Gasteiger partial charge in [-0.1, -0.05) is 55.2 Å². The number of fused-ring (bicyclic) bond motifs is 2. The summed E-state index contributed by atoms with van der Waals surface area (Å²) in [5, 5.41) is 1.32. The molecular formula is C19H16S. The van der Waals surface area contributed by atoms with Crippen molar-refractivity contribution in [2.75, 3.05) is 0 Å². The van der Waals surface area contributed by atoms with Crippen LogP contribution in [0.2, 0.25) is 0 Å². The maximum absolute atomic E-state index is 4.35. The predicted molar refractivity (Wildman–Crippen MR) is 88.8 cm³/mol. The lowest BCUT2D eigenvalue weighted by molar-refractivity contribution is 0.593. The van der Waals surface area contributed by atoms with Gasteiger partial charge in [-0.05, 0) is 41.0 Å². The van der Waals surface area contributed by atoms with Crippen LogP contribution in [0, 0.1) is 11.8 Å².